The smallest absolute Gasteiger partial charge is 0.258 e. The van der Waals surface area contributed by atoms with Gasteiger partial charge in [-0.25, -0.2) is 0 Å². The summed E-state index contributed by atoms with van der Waals surface area (Å²) in [5, 5.41) is 19.7. The maximum Gasteiger partial charge on any atom is 0.274 e. The van der Waals surface area contributed by atoms with Gasteiger partial charge in [0.15, 0.2) is 0 Å². The molecule has 1 rings (SSSR count). The Hall–Kier alpha value is -0.680. The van der Waals surface area contributed by atoms with Gasteiger partial charge < -0.3 is 0 Å². The molecule has 0 N–H and O–H groups in total. The first-order valence-corrected chi connectivity index (χ1v) is 5.73. The van der Waals surface area contributed by atoms with Crippen LogP contribution in [0.1, 0.15) is 11.1 Å². The molecule has 1 aromatic rings. The fraction of sp³-hybridized carbons (Fsp3) is 0.125. The van der Waals surface area contributed by atoms with Crippen LogP contribution in [0.3, 0.4) is 0 Å². The van der Waals surface area contributed by atoms with Gasteiger partial charge in [-0.3, -0.25) is 10.1 Å². The number of nitro benzene ring substituents is 1. The van der Waals surface area contributed by atoms with Crippen molar-refractivity contribution in [3.63, 3.8) is 0 Å². The lowest BCUT2D eigenvalue weighted by atomic mass is 10.1. The molecule has 0 saturated heterocycles. The van der Waals surface area contributed by atoms with Crippen LogP contribution in [-0.4, -0.2) is 4.92 Å². The lowest BCUT2D eigenvalue weighted by Gasteiger charge is -2.01. The minimum Gasteiger partial charge on any atom is -0.258 e. The first-order chi connectivity index (χ1) is 6.60. The van der Waals surface area contributed by atoms with Crippen LogP contribution in [-0.2, 0) is 5.33 Å². The highest BCUT2D eigenvalue weighted by Crippen LogP contribution is 2.26. The summed E-state index contributed by atoms with van der Waals surface area (Å²) in [5.74, 6) is 0. The Morgan fingerprint density at radius 1 is 1.64 bits per heavy atom. The van der Waals surface area contributed by atoms with Crippen molar-refractivity contribution < 1.29 is 4.92 Å². The molecule has 0 atom stereocenters. The van der Waals surface area contributed by atoms with E-state index in [9.17, 15) is 10.1 Å². The molecule has 0 aliphatic carbocycles. The van der Waals surface area contributed by atoms with Crippen molar-refractivity contribution in [2.75, 3.05) is 0 Å². The van der Waals surface area contributed by atoms with Crippen LogP contribution in [0.25, 0.3) is 0 Å². The van der Waals surface area contributed by atoms with Gasteiger partial charge in [0.25, 0.3) is 5.69 Å². The molecule has 14 heavy (non-hydrogen) atoms. The highest BCUT2D eigenvalue weighted by molar-refractivity contribution is 14.1. The molecule has 0 fully saturated rings. The molecular weight excluding hydrogens is 363 g/mol. The van der Waals surface area contributed by atoms with E-state index in [-0.39, 0.29) is 5.69 Å². The summed E-state index contributed by atoms with van der Waals surface area (Å²) in [6.07, 6.45) is 0. The molecule has 0 amide bonds. The van der Waals surface area contributed by atoms with Gasteiger partial charge in [0.1, 0.15) is 6.07 Å². The van der Waals surface area contributed by atoms with Crippen molar-refractivity contribution in [3.05, 3.63) is 36.9 Å². The Labute approximate surface area is 102 Å². The molecule has 72 valence electrons. The average molecular weight is 367 g/mol. The zero-order valence-electron chi connectivity index (χ0n) is 6.83. The van der Waals surface area contributed by atoms with E-state index in [1.54, 1.807) is 0 Å². The number of rotatable bonds is 2. The summed E-state index contributed by atoms with van der Waals surface area (Å²) in [6.45, 7) is 0. The lowest BCUT2D eigenvalue weighted by Crippen LogP contribution is -1.96. The van der Waals surface area contributed by atoms with Crippen molar-refractivity contribution in [1.29, 1.82) is 5.26 Å². The molecule has 0 radical (unpaired) electrons. The Balaban J connectivity index is 3.41. The number of hydrogen-bond donors (Lipinski definition) is 0. The third kappa shape index (κ3) is 2.22. The number of hydrogen-bond acceptors (Lipinski definition) is 3. The maximum absolute atomic E-state index is 10.6. The molecule has 0 unspecified atom stereocenters. The van der Waals surface area contributed by atoms with Crippen LogP contribution < -0.4 is 0 Å². The van der Waals surface area contributed by atoms with Crippen LogP contribution in [0, 0.1) is 25.0 Å². The molecule has 0 bridgehead atoms. The van der Waals surface area contributed by atoms with E-state index in [1.807, 2.05) is 28.7 Å². The highest BCUT2D eigenvalue weighted by Gasteiger charge is 2.15. The summed E-state index contributed by atoms with van der Waals surface area (Å²) in [7, 11) is 0. The van der Waals surface area contributed by atoms with Gasteiger partial charge >= 0.3 is 0 Å². The third-order valence-corrected chi connectivity index (χ3v) is 3.13. The monoisotopic (exact) mass is 366 g/mol. The van der Waals surface area contributed by atoms with Gasteiger partial charge in [-0.05, 0) is 28.7 Å². The molecular formula is C8H4BrIN2O2. The van der Waals surface area contributed by atoms with Crippen LogP contribution in [0.4, 0.5) is 5.69 Å². The molecule has 0 saturated carbocycles. The number of alkyl halides is 1. The molecule has 0 spiro atoms. The van der Waals surface area contributed by atoms with E-state index in [2.05, 4.69) is 15.9 Å². The largest absolute Gasteiger partial charge is 0.274 e. The van der Waals surface area contributed by atoms with Gasteiger partial charge in [-0.2, -0.15) is 5.26 Å². The third-order valence-electron chi connectivity index (χ3n) is 1.63. The highest BCUT2D eigenvalue weighted by atomic mass is 127. The van der Waals surface area contributed by atoms with Crippen LogP contribution >= 0.6 is 38.5 Å². The predicted molar refractivity (Wildman–Crippen MR) is 63.2 cm³/mol. The minimum absolute atomic E-state index is 0.0466. The number of nitrogens with zero attached hydrogens (tertiary/aromatic N) is 2. The van der Waals surface area contributed by atoms with Crippen molar-refractivity contribution in [3.8, 4) is 6.07 Å². The van der Waals surface area contributed by atoms with E-state index in [0.717, 1.165) is 0 Å². The first kappa shape index (κ1) is 11.4. The van der Waals surface area contributed by atoms with Gasteiger partial charge in [0, 0.05) is 20.5 Å². The normalized spacial score (nSPS) is 9.50. The Kier molecular flexibility index (Phi) is 3.83. The van der Waals surface area contributed by atoms with Crippen molar-refractivity contribution >= 4 is 44.2 Å². The molecule has 0 aliphatic heterocycles. The van der Waals surface area contributed by atoms with Gasteiger partial charge in [-0.1, -0.05) is 15.9 Å². The van der Waals surface area contributed by atoms with Crippen molar-refractivity contribution in [1.82, 2.24) is 0 Å². The summed E-state index contributed by atoms with van der Waals surface area (Å²) < 4.78 is 0.599. The molecule has 6 heteroatoms. The topological polar surface area (TPSA) is 66.9 Å². The zero-order chi connectivity index (χ0) is 10.7. The predicted octanol–water partition coefficient (Wildman–Crippen LogP) is 2.97. The Morgan fingerprint density at radius 3 is 2.71 bits per heavy atom. The number of nitriles is 1. The number of halogens is 2. The second-order valence-corrected chi connectivity index (χ2v) is 4.19. The molecule has 0 aromatic heterocycles. The molecule has 0 aliphatic rings. The fourth-order valence-corrected chi connectivity index (χ4v) is 1.99. The standard InChI is InChI=1S/C8H4BrIN2O2/c9-3-5-1-6(4-11)7(10)2-8(5)12(13)14/h1-2H,3H2. The number of benzene rings is 1. The molecule has 1 aromatic carbocycles. The van der Waals surface area contributed by atoms with Crippen molar-refractivity contribution in [2.45, 2.75) is 5.33 Å². The average Bonchev–Trinajstić information content (AvgIpc) is 2.17. The quantitative estimate of drug-likeness (QED) is 0.350. The Bertz CT molecular complexity index is 428. The summed E-state index contributed by atoms with van der Waals surface area (Å²) in [5.41, 5.74) is 1.03. The van der Waals surface area contributed by atoms with Crippen LogP contribution in [0.5, 0.6) is 0 Å². The molecule has 4 nitrogen and oxygen atoms in total. The van der Waals surface area contributed by atoms with E-state index < -0.39 is 4.92 Å². The summed E-state index contributed by atoms with van der Waals surface area (Å²) in [6, 6.07) is 4.93. The van der Waals surface area contributed by atoms with Gasteiger partial charge in [0.2, 0.25) is 0 Å². The first-order valence-electron chi connectivity index (χ1n) is 3.53. The van der Waals surface area contributed by atoms with Gasteiger partial charge in [0.05, 0.1) is 10.5 Å². The van der Waals surface area contributed by atoms with Crippen molar-refractivity contribution in [2.24, 2.45) is 0 Å². The van der Waals surface area contributed by atoms with E-state index in [0.29, 0.717) is 20.0 Å². The second-order valence-electron chi connectivity index (χ2n) is 2.46. The Morgan fingerprint density at radius 2 is 2.29 bits per heavy atom. The summed E-state index contributed by atoms with van der Waals surface area (Å²) in [4.78, 5) is 10.2. The van der Waals surface area contributed by atoms with E-state index in [1.165, 1.54) is 12.1 Å². The minimum atomic E-state index is -0.445. The van der Waals surface area contributed by atoms with E-state index >= 15 is 0 Å². The summed E-state index contributed by atoms with van der Waals surface area (Å²) >= 11 is 5.06. The van der Waals surface area contributed by atoms with Crippen LogP contribution in [0.2, 0.25) is 0 Å². The maximum atomic E-state index is 10.6. The van der Waals surface area contributed by atoms with E-state index in [4.69, 9.17) is 5.26 Å². The second kappa shape index (κ2) is 4.70. The zero-order valence-corrected chi connectivity index (χ0v) is 10.6. The number of nitro groups is 1. The fourth-order valence-electron chi connectivity index (χ4n) is 0.970. The molecule has 0 heterocycles. The van der Waals surface area contributed by atoms with Crippen LogP contribution in [0.15, 0.2) is 12.1 Å². The van der Waals surface area contributed by atoms with Gasteiger partial charge in [-0.15, -0.1) is 0 Å². The SMILES string of the molecule is N#Cc1cc(CBr)c([N+](=O)[O-])cc1I. The lowest BCUT2D eigenvalue weighted by molar-refractivity contribution is -0.385.